The van der Waals surface area contributed by atoms with Crippen molar-refractivity contribution in [1.82, 2.24) is 26.6 Å². The molecule has 10 unspecified atom stereocenters. The number of amides is 6. The van der Waals surface area contributed by atoms with Crippen molar-refractivity contribution < 1.29 is 91.2 Å². The van der Waals surface area contributed by atoms with E-state index in [0.29, 0.717) is 12.8 Å². The number of esters is 2. The summed E-state index contributed by atoms with van der Waals surface area (Å²) in [4.78, 5) is 125. The highest BCUT2D eigenvalue weighted by Crippen LogP contribution is 2.38. The van der Waals surface area contributed by atoms with Crippen LogP contribution in [0.15, 0.2) is 0 Å². The number of hydrogen-bond acceptors (Lipinski definition) is 19. The molecule has 85 heavy (non-hydrogen) atoms. The van der Waals surface area contributed by atoms with Gasteiger partial charge in [0.05, 0.1) is 19.8 Å². The number of unbranched alkanes of at least 4 members (excludes halogenated alkanes) is 24. The number of ether oxygens (including phenoxy) is 3. The molecule has 494 valence electrons. The van der Waals surface area contributed by atoms with Gasteiger partial charge in [0.2, 0.25) is 35.4 Å². The molecule has 0 bridgehead atoms. The Kier molecular flexibility index (Phi) is 47.6. The van der Waals surface area contributed by atoms with E-state index in [4.69, 9.17) is 29.0 Å². The van der Waals surface area contributed by atoms with Gasteiger partial charge in [-0.25, -0.2) is 0 Å². The lowest BCUT2D eigenvalue weighted by Crippen LogP contribution is -2.57. The number of aldehydes is 1. The summed E-state index contributed by atoms with van der Waals surface area (Å²) in [6.07, 6.45) is 21.0. The quantitative estimate of drug-likeness (QED) is 0.0168. The van der Waals surface area contributed by atoms with E-state index >= 15 is 0 Å². The minimum Gasteiger partial charge on any atom is -0.756 e. The zero-order valence-corrected chi connectivity index (χ0v) is 52.8. The van der Waals surface area contributed by atoms with Crippen molar-refractivity contribution >= 4 is 61.5 Å². The van der Waals surface area contributed by atoms with Crippen molar-refractivity contribution in [2.45, 2.75) is 289 Å². The number of aliphatic hydroxyl groups excluding tert-OH is 3. The average molecular weight is 1240 g/mol. The Morgan fingerprint density at radius 1 is 0.600 bits per heavy atom. The maximum absolute atomic E-state index is 13.0. The highest BCUT2D eigenvalue weighted by atomic mass is 31.2. The molecule has 0 spiro atoms. The molecule has 10 N–H and O–H groups in total. The normalized spacial score (nSPS) is 15.3. The molecule has 0 saturated carbocycles. The van der Waals surface area contributed by atoms with E-state index in [1.54, 1.807) is 0 Å². The number of nitrogens with one attached hydrogen (secondary N) is 5. The van der Waals surface area contributed by atoms with Crippen LogP contribution in [0.5, 0.6) is 0 Å². The summed E-state index contributed by atoms with van der Waals surface area (Å²) in [6.45, 7) is 6.18. The number of carbonyl (C=O) groups is 9. The standard InChI is InChI=1S/C59H109N6O19P/c1-7-9-11-13-15-17-19-21-23-25-27-29-31-33-52(71)80-41-47(84-53(72)34-32-30-28-26-24-22-20-18-16-14-12-10-8-2)42-82-85(78,79)81-38-37-61-57(75)43(3)62-51(70)36-35-48(56(60)74)65-58(76)44(4)63-59(77)45(5)83-55(54(73)50(69)40-67)49(39-66)64-46(6)68/h39,43-45,47-50,54-55,67,69,73H,7-38,40-42H2,1-6H3,(H2,60,74)(H,61,75)(H,62,70)(H,63,77)(H,64,68)(H,65,76)(H,78,79)/p-1. The number of aliphatic hydroxyl groups is 3. The van der Waals surface area contributed by atoms with Gasteiger partial charge in [-0.3, -0.25) is 42.9 Å². The Morgan fingerprint density at radius 2 is 1.07 bits per heavy atom. The van der Waals surface area contributed by atoms with Crippen molar-refractivity contribution in [3.63, 3.8) is 0 Å². The Hall–Kier alpha value is -4.62. The summed E-state index contributed by atoms with van der Waals surface area (Å²) in [7, 11) is -5.06. The number of carbonyl (C=O) groups excluding carboxylic acids is 9. The first-order chi connectivity index (χ1) is 40.5. The Balaban J connectivity index is 5.13. The summed E-state index contributed by atoms with van der Waals surface area (Å²) in [5, 5.41) is 41.3. The third-order valence-electron chi connectivity index (χ3n) is 14.1. The number of primary amides is 1. The molecule has 0 aliphatic heterocycles. The van der Waals surface area contributed by atoms with Crippen LogP contribution in [0.1, 0.15) is 234 Å². The molecule has 0 aliphatic carbocycles. The highest BCUT2D eigenvalue weighted by molar-refractivity contribution is 7.45. The molecule has 26 heteroatoms. The van der Waals surface area contributed by atoms with Gasteiger partial charge in [0, 0.05) is 32.7 Å². The Morgan fingerprint density at radius 3 is 1.53 bits per heavy atom. The van der Waals surface area contributed by atoms with Crippen LogP contribution < -0.4 is 37.2 Å². The molecule has 0 rings (SSSR count). The van der Waals surface area contributed by atoms with E-state index in [1.165, 1.54) is 124 Å². The molecule has 0 aromatic carbocycles. The van der Waals surface area contributed by atoms with E-state index in [2.05, 4.69) is 40.4 Å². The maximum atomic E-state index is 13.0. The lowest BCUT2D eigenvalue weighted by atomic mass is 10.0. The van der Waals surface area contributed by atoms with Crippen LogP contribution in [0.3, 0.4) is 0 Å². The van der Waals surface area contributed by atoms with Gasteiger partial charge in [-0.05, 0) is 40.0 Å². The van der Waals surface area contributed by atoms with E-state index in [0.717, 1.165) is 58.3 Å². The van der Waals surface area contributed by atoms with E-state index in [1.807, 2.05) is 0 Å². The number of phosphoric ester groups is 1. The Bertz CT molecular complexity index is 1940. The molecule has 0 heterocycles. The smallest absolute Gasteiger partial charge is 0.306 e. The second kappa shape index (κ2) is 50.4. The van der Waals surface area contributed by atoms with Crippen molar-refractivity contribution in [2.75, 3.05) is 33.0 Å². The van der Waals surface area contributed by atoms with Gasteiger partial charge >= 0.3 is 11.9 Å². The molecule has 0 fully saturated rings. The molecular formula is C59H108N6O19P-. The molecule has 10 atom stereocenters. The number of phosphoric acid groups is 1. The number of nitrogens with two attached hydrogens (primary N) is 1. The van der Waals surface area contributed by atoms with Gasteiger partial charge in [0.1, 0.15) is 61.5 Å². The second-order valence-corrected chi connectivity index (χ2v) is 23.4. The summed E-state index contributed by atoms with van der Waals surface area (Å²) >= 11 is 0. The van der Waals surface area contributed by atoms with Crippen molar-refractivity contribution in [2.24, 2.45) is 5.73 Å². The van der Waals surface area contributed by atoms with Gasteiger partial charge in [-0.15, -0.1) is 0 Å². The van der Waals surface area contributed by atoms with Gasteiger partial charge in [0.15, 0.2) is 6.10 Å². The molecule has 25 nitrogen and oxygen atoms in total. The van der Waals surface area contributed by atoms with Crippen LogP contribution in [0.2, 0.25) is 0 Å². The summed E-state index contributed by atoms with van der Waals surface area (Å²) in [5.41, 5.74) is 5.46. The lowest BCUT2D eigenvalue weighted by molar-refractivity contribution is -0.228. The first kappa shape index (κ1) is 80.4. The minimum atomic E-state index is -5.06. The highest BCUT2D eigenvalue weighted by Gasteiger charge is 2.37. The largest absolute Gasteiger partial charge is 0.756 e. The SMILES string of the molecule is CCCCCCCCCCCCCCCC(=O)OCC(COP(=O)([O-])OCCNC(=O)C(C)NC(=O)CCC(NC(=O)C(C)NC(=O)C(C)OC(C(C=O)NC(C)=O)C(O)C(O)CO)C(N)=O)OC(=O)CCCCCCCCCCCCCCC. The summed E-state index contributed by atoms with van der Waals surface area (Å²) in [5.74, 6) is -6.26. The molecule has 0 aromatic rings. The van der Waals surface area contributed by atoms with Crippen LogP contribution >= 0.6 is 7.82 Å². The van der Waals surface area contributed by atoms with Crippen molar-refractivity contribution in [3.8, 4) is 0 Å². The number of hydrogen-bond donors (Lipinski definition) is 9. The molecular weight excluding hydrogens is 1130 g/mol. The predicted molar refractivity (Wildman–Crippen MR) is 317 cm³/mol. The molecule has 0 aromatic heterocycles. The fourth-order valence-electron chi connectivity index (χ4n) is 8.95. The van der Waals surface area contributed by atoms with Crippen LogP contribution in [-0.2, 0) is 71.0 Å². The van der Waals surface area contributed by atoms with Crippen LogP contribution in [0.25, 0.3) is 0 Å². The third-order valence-corrected chi connectivity index (χ3v) is 15.1. The van der Waals surface area contributed by atoms with Gasteiger partial charge in [-0.1, -0.05) is 168 Å². The van der Waals surface area contributed by atoms with E-state index < -0.39 is 143 Å². The van der Waals surface area contributed by atoms with Gasteiger partial charge < -0.3 is 80.6 Å². The number of rotatable bonds is 56. The molecule has 0 aliphatic rings. The summed E-state index contributed by atoms with van der Waals surface area (Å²) in [6, 6.07) is -5.54. The average Bonchev–Trinajstić information content (AvgIpc) is 3.67. The minimum absolute atomic E-state index is 0.0895. The Labute approximate surface area is 505 Å². The second-order valence-electron chi connectivity index (χ2n) is 22.0. The lowest BCUT2D eigenvalue weighted by Gasteiger charge is -2.32. The maximum Gasteiger partial charge on any atom is 0.306 e. The van der Waals surface area contributed by atoms with Crippen molar-refractivity contribution in [1.29, 1.82) is 0 Å². The van der Waals surface area contributed by atoms with Crippen LogP contribution in [0.4, 0.5) is 0 Å². The topological polar surface area (TPSA) is 387 Å². The fourth-order valence-corrected chi connectivity index (χ4v) is 9.69. The van der Waals surface area contributed by atoms with Crippen LogP contribution in [0, 0.1) is 0 Å². The van der Waals surface area contributed by atoms with Crippen molar-refractivity contribution in [3.05, 3.63) is 0 Å². The van der Waals surface area contributed by atoms with Gasteiger partial charge in [-0.2, -0.15) is 0 Å². The van der Waals surface area contributed by atoms with E-state index in [-0.39, 0.29) is 32.1 Å². The first-order valence-corrected chi connectivity index (χ1v) is 32.7. The van der Waals surface area contributed by atoms with Gasteiger partial charge in [0.25, 0.3) is 7.82 Å². The fraction of sp³-hybridized carbons (Fsp3) is 0.847. The first-order valence-electron chi connectivity index (χ1n) is 31.3. The molecule has 6 amide bonds. The third kappa shape index (κ3) is 42.8. The zero-order valence-electron chi connectivity index (χ0n) is 51.9. The van der Waals surface area contributed by atoms with Crippen LogP contribution in [-0.4, -0.2) is 157 Å². The molecule has 0 radical (unpaired) electrons. The molecule has 0 saturated heterocycles. The summed E-state index contributed by atoms with van der Waals surface area (Å²) < 4.78 is 39.1. The monoisotopic (exact) mass is 1240 g/mol. The van der Waals surface area contributed by atoms with E-state index in [9.17, 15) is 67.9 Å². The zero-order chi connectivity index (χ0) is 63.8. The predicted octanol–water partition coefficient (Wildman–Crippen LogP) is 4.97.